The summed E-state index contributed by atoms with van der Waals surface area (Å²) in [5, 5.41) is 6.15. The molecule has 1 fully saturated rings. The van der Waals surface area contributed by atoms with E-state index in [0.717, 1.165) is 22.0 Å². The molecule has 0 aliphatic carbocycles. The monoisotopic (exact) mass is 526 g/mol. The first-order valence-electron chi connectivity index (χ1n) is 11.8. The lowest BCUT2D eigenvalue weighted by Crippen LogP contribution is -2.54. The number of para-hydroxylation sites is 1. The molecule has 2 heterocycles. The molecule has 7 nitrogen and oxygen atoms in total. The van der Waals surface area contributed by atoms with E-state index in [-0.39, 0.29) is 23.1 Å². The number of aromatic nitrogens is 1. The maximum Gasteiger partial charge on any atom is 0.270 e. The van der Waals surface area contributed by atoms with Crippen molar-refractivity contribution in [1.29, 1.82) is 0 Å². The van der Waals surface area contributed by atoms with Gasteiger partial charge in [0.05, 0.1) is 5.69 Å². The number of hydrogen-bond donors (Lipinski definition) is 2. The van der Waals surface area contributed by atoms with Crippen LogP contribution in [0.2, 0.25) is 0 Å². The van der Waals surface area contributed by atoms with Crippen molar-refractivity contribution in [3.05, 3.63) is 101 Å². The van der Waals surface area contributed by atoms with Gasteiger partial charge in [-0.25, -0.2) is 4.39 Å². The number of amides is 3. The third kappa shape index (κ3) is 4.71. The van der Waals surface area contributed by atoms with Gasteiger partial charge in [0.15, 0.2) is 5.11 Å². The topological polar surface area (TPSA) is 83.4 Å². The van der Waals surface area contributed by atoms with E-state index < -0.39 is 17.6 Å². The third-order valence-corrected chi connectivity index (χ3v) is 6.76. The van der Waals surface area contributed by atoms with Crippen molar-refractivity contribution in [2.24, 2.45) is 0 Å². The van der Waals surface area contributed by atoms with E-state index in [2.05, 4.69) is 10.6 Å². The van der Waals surface area contributed by atoms with Gasteiger partial charge in [-0.3, -0.25) is 24.6 Å². The van der Waals surface area contributed by atoms with Crippen molar-refractivity contribution < 1.29 is 18.8 Å². The van der Waals surface area contributed by atoms with Crippen molar-refractivity contribution >= 4 is 63.4 Å². The molecular formula is C29H23FN4O3S. The second-order valence-electron chi connectivity index (χ2n) is 8.96. The fourth-order valence-electron chi connectivity index (χ4n) is 4.42. The first-order valence-corrected chi connectivity index (χ1v) is 12.2. The normalized spacial score (nSPS) is 14.8. The maximum atomic E-state index is 13.6. The highest BCUT2D eigenvalue weighted by Crippen LogP contribution is 2.29. The molecule has 2 N–H and O–H groups in total. The Bertz CT molecular complexity index is 1660. The molecule has 3 amide bonds. The number of carbonyl (C=O) groups excluding carboxylic acids is 3. The number of carbonyl (C=O) groups is 3. The number of aryl methyl sites for hydroxylation is 1. The second-order valence-corrected chi connectivity index (χ2v) is 9.35. The lowest BCUT2D eigenvalue weighted by molar-refractivity contribution is -0.122. The van der Waals surface area contributed by atoms with E-state index in [9.17, 15) is 18.8 Å². The number of nitrogens with zero attached hydrogens (tertiary/aromatic N) is 2. The maximum absolute atomic E-state index is 13.6. The Morgan fingerprint density at radius 3 is 2.53 bits per heavy atom. The Labute approximate surface area is 223 Å². The van der Waals surface area contributed by atoms with Crippen LogP contribution in [0.5, 0.6) is 0 Å². The van der Waals surface area contributed by atoms with Crippen molar-refractivity contribution in [3.63, 3.8) is 0 Å². The standard InChI is InChI=1S/C29H23FN4O3S/c1-17-6-5-9-24(18(17)2)34-28(37)23(27(36)32-29(34)38)14-19-15-33(25-8-4-3-7-22(19)25)16-26(35)31-21-12-10-20(30)11-13-21/h3-15H,16H2,1-2H3,(H,31,35)(H,32,36,38)/b23-14+. The minimum Gasteiger partial charge on any atom is -0.337 e. The zero-order valence-corrected chi connectivity index (χ0v) is 21.4. The molecule has 0 unspecified atom stereocenters. The van der Waals surface area contributed by atoms with Gasteiger partial charge in [-0.05, 0) is 79.7 Å². The molecule has 1 aromatic heterocycles. The summed E-state index contributed by atoms with van der Waals surface area (Å²) in [5.41, 5.74) is 4.22. The van der Waals surface area contributed by atoms with Gasteiger partial charge in [-0.1, -0.05) is 30.3 Å². The molecule has 4 aromatic rings. The summed E-state index contributed by atoms with van der Waals surface area (Å²) in [4.78, 5) is 40.5. The van der Waals surface area contributed by atoms with E-state index in [1.54, 1.807) is 16.8 Å². The Kier molecular flexibility index (Phi) is 6.61. The SMILES string of the molecule is Cc1cccc(N2C(=O)/C(=C/c3cn(CC(=O)Nc4ccc(F)cc4)c4ccccc34)C(=O)NC2=S)c1C. The van der Waals surface area contributed by atoms with Gasteiger partial charge < -0.3 is 9.88 Å². The van der Waals surface area contributed by atoms with Gasteiger partial charge in [0.1, 0.15) is 17.9 Å². The summed E-state index contributed by atoms with van der Waals surface area (Å²) in [7, 11) is 0. The highest BCUT2D eigenvalue weighted by atomic mass is 32.1. The molecule has 0 spiro atoms. The lowest BCUT2D eigenvalue weighted by atomic mass is 10.0. The van der Waals surface area contributed by atoms with Gasteiger partial charge in [-0.2, -0.15) is 0 Å². The van der Waals surface area contributed by atoms with Gasteiger partial charge in [0.25, 0.3) is 11.8 Å². The Morgan fingerprint density at radius 2 is 1.76 bits per heavy atom. The quantitative estimate of drug-likeness (QED) is 0.221. The molecule has 38 heavy (non-hydrogen) atoms. The Morgan fingerprint density at radius 1 is 1.03 bits per heavy atom. The van der Waals surface area contributed by atoms with Crippen LogP contribution in [0.4, 0.5) is 15.8 Å². The number of benzene rings is 3. The summed E-state index contributed by atoms with van der Waals surface area (Å²) >= 11 is 5.35. The number of fused-ring (bicyclic) bond motifs is 1. The largest absolute Gasteiger partial charge is 0.337 e. The molecule has 0 atom stereocenters. The van der Waals surface area contributed by atoms with Gasteiger partial charge in [0, 0.05) is 28.4 Å². The van der Waals surface area contributed by atoms with Crippen LogP contribution in [0.15, 0.2) is 78.5 Å². The summed E-state index contributed by atoms with van der Waals surface area (Å²) < 4.78 is 14.9. The number of halogens is 1. The number of hydrogen-bond acceptors (Lipinski definition) is 4. The van der Waals surface area contributed by atoms with E-state index >= 15 is 0 Å². The number of rotatable bonds is 5. The summed E-state index contributed by atoms with van der Waals surface area (Å²) in [5.74, 6) is -1.82. The van der Waals surface area contributed by atoms with Crippen LogP contribution in [-0.2, 0) is 20.9 Å². The molecular weight excluding hydrogens is 503 g/mol. The van der Waals surface area contributed by atoms with Gasteiger partial charge in [-0.15, -0.1) is 0 Å². The van der Waals surface area contributed by atoms with Crippen LogP contribution in [-0.4, -0.2) is 27.4 Å². The molecule has 5 rings (SSSR count). The van der Waals surface area contributed by atoms with Crippen LogP contribution >= 0.6 is 12.2 Å². The van der Waals surface area contributed by atoms with Crippen molar-refractivity contribution in [1.82, 2.24) is 9.88 Å². The minimum atomic E-state index is -0.590. The molecule has 190 valence electrons. The van der Waals surface area contributed by atoms with E-state index in [0.29, 0.717) is 16.9 Å². The van der Waals surface area contributed by atoms with Crippen molar-refractivity contribution in [2.75, 3.05) is 10.2 Å². The molecule has 0 radical (unpaired) electrons. The van der Waals surface area contributed by atoms with Crippen LogP contribution in [0, 0.1) is 19.7 Å². The summed E-state index contributed by atoms with van der Waals surface area (Å²) in [6.07, 6.45) is 3.24. The zero-order valence-electron chi connectivity index (χ0n) is 20.6. The molecule has 0 saturated carbocycles. The number of thiocarbonyl (C=S) groups is 1. The summed E-state index contributed by atoms with van der Waals surface area (Å²) in [6, 6.07) is 18.4. The van der Waals surface area contributed by atoms with Crippen molar-refractivity contribution in [3.8, 4) is 0 Å². The second kappa shape index (κ2) is 10.0. The number of anilines is 2. The van der Waals surface area contributed by atoms with Crippen LogP contribution < -0.4 is 15.5 Å². The van der Waals surface area contributed by atoms with E-state index in [1.807, 2.05) is 50.2 Å². The highest BCUT2D eigenvalue weighted by Gasteiger charge is 2.35. The summed E-state index contributed by atoms with van der Waals surface area (Å²) in [6.45, 7) is 3.80. The molecule has 1 saturated heterocycles. The van der Waals surface area contributed by atoms with E-state index in [4.69, 9.17) is 12.2 Å². The zero-order chi connectivity index (χ0) is 27.0. The first kappa shape index (κ1) is 25.0. The van der Waals surface area contributed by atoms with Gasteiger partial charge in [0.2, 0.25) is 5.91 Å². The molecule has 1 aliphatic rings. The Balaban J connectivity index is 1.49. The number of nitrogens with one attached hydrogen (secondary N) is 2. The smallest absolute Gasteiger partial charge is 0.270 e. The fraction of sp³-hybridized carbons (Fsp3) is 0.103. The van der Waals surface area contributed by atoms with Crippen LogP contribution in [0.3, 0.4) is 0 Å². The fourth-order valence-corrected chi connectivity index (χ4v) is 4.69. The molecule has 0 bridgehead atoms. The first-order chi connectivity index (χ1) is 18.2. The highest BCUT2D eigenvalue weighted by molar-refractivity contribution is 7.80. The van der Waals surface area contributed by atoms with E-state index in [1.165, 1.54) is 35.2 Å². The Hall–Kier alpha value is -4.63. The predicted molar refractivity (Wildman–Crippen MR) is 149 cm³/mol. The lowest BCUT2D eigenvalue weighted by Gasteiger charge is -2.30. The van der Waals surface area contributed by atoms with Crippen molar-refractivity contribution in [2.45, 2.75) is 20.4 Å². The molecule has 3 aromatic carbocycles. The molecule has 9 heteroatoms. The van der Waals surface area contributed by atoms with Crippen LogP contribution in [0.1, 0.15) is 16.7 Å². The van der Waals surface area contributed by atoms with Crippen LogP contribution in [0.25, 0.3) is 17.0 Å². The average Bonchev–Trinajstić information content (AvgIpc) is 3.22. The minimum absolute atomic E-state index is 0.0192. The third-order valence-electron chi connectivity index (χ3n) is 6.48. The molecule has 1 aliphatic heterocycles. The predicted octanol–water partition coefficient (Wildman–Crippen LogP) is 4.87. The van der Waals surface area contributed by atoms with Gasteiger partial charge >= 0.3 is 0 Å². The average molecular weight is 527 g/mol.